The Balaban J connectivity index is 1.98. The zero-order chi connectivity index (χ0) is 14.3. The van der Waals surface area contributed by atoms with Crippen LogP contribution in [0.2, 0.25) is 0 Å². The van der Waals surface area contributed by atoms with Crippen molar-refractivity contribution in [2.75, 3.05) is 10.6 Å². The van der Waals surface area contributed by atoms with Crippen molar-refractivity contribution >= 4 is 45.7 Å². The molecule has 1 aliphatic rings. The fraction of sp³-hybridized carbons (Fsp3) is 0.154. The van der Waals surface area contributed by atoms with Gasteiger partial charge in [0.2, 0.25) is 5.91 Å². The van der Waals surface area contributed by atoms with Crippen molar-refractivity contribution in [2.45, 2.75) is 13.0 Å². The van der Waals surface area contributed by atoms with Gasteiger partial charge in [0.05, 0.1) is 13.0 Å². The standard InChI is InChI=1S/C13H11BrN4OS/c14-8-3-1-7(2-4-8)6-18-10(19)5-9-11(15)16-13(20)17-12(9)18/h1-4H,5-6H2,(H3,15,16,17,20). The lowest BCUT2D eigenvalue weighted by Gasteiger charge is -2.16. The first-order valence-electron chi connectivity index (χ1n) is 5.98. The lowest BCUT2D eigenvalue weighted by atomic mass is 10.2. The lowest BCUT2D eigenvalue weighted by molar-refractivity contribution is -0.117. The highest BCUT2D eigenvalue weighted by molar-refractivity contribution is 9.10. The molecule has 2 aromatic rings. The van der Waals surface area contributed by atoms with Gasteiger partial charge in [0.25, 0.3) is 0 Å². The summed E-state index contributed by atoms with van der Waals surface area (Å²) in [5.74, 6) is 0.974. The monoisotopic (exact) mass is 350 g/mol. The summed E-state index contributed by atoms with van der Waals surface area (Å²) in [5, 5.41) is 0. The Morgan fingerprint density at radius 2 is 2.10 bits per heavy atom. The summed E-state index contributed by atoms with van der Waals surface area (Å²) in [4.78, 5) is 20.8. The topological polar surface area (TPSA) is 75.0 Å². The maximum Gasteiger partial charge on any atom is 0.233 e. The van der Waals surface area contributed by atoms with Crippen LogP contribution < -0.4 is 10.6 Å². The zero-order valence-corrected chi connectivity index (χ0v) is 12.8. The molecule has 0 aliphatic carbocycles. The number of carbonyl (C=O) groups is 1. The summed E-state index contributed by atoms with van der Waals surface area (Å²) in [7, 11) is 0. The minimum Gasteiger partial charge on any atom is -0.385 e. The molecule has 1 aliphatic heterocycles. The van der Waals surface area contributed by atoms with E-state index in [1.165, 1.54) is 0 Å². The number of amides is 1. The number of hydrogen-bond donors (Lipinski definition) is 2. The molecule has 20 heavy (non-hydrogen) atoms. The smallest absolute Gasteiger partial charge is 0.233 e. The van der Waals surface area contributed by atoms with Crippen molar-refractivity contribution in [1.82, 2.24) is 9.97 Å². The van der Waals surface area contributed by atoms with E-state index in [1.54, 1.807) is 4.90 Å². The number of nitrogens with zero attached hydrogens (tertiary/aromatic N) is 2. The molecule has 3 N–H and O–H groups in total. The van der Waals surface area contributed by atoms with Crippen LogP contribution in [0.4, 0.5) is 11.6 Å². The highest BCUT2D eigenvalue weighted by atomic mass is 79.9. The fourth-order valence-electron chi connectivity index (χ4n) is 2.20. The van der Waals surface area contributed by atoms with Gasteiger partial charge < -0.3 is 10.7 Å². The first kappa shape index (κ1) is 13.3. The van der Waals surface area contributed by atoms with E-state index in [1.807, 2.05) is 24.3 Å². The predicted molar refractivity (Wildman–Crippen MR) is 82.9 cm³/mol. The van der Waals surface area contributed by atoms with Gasteiger partial charge in [-0.25, -0.2) is 4.98 Å². The van der Waals surface area contributed by atoms with Crippen LogP contribution in [0.25, 0.3) is 0 Å². The second-order valence-electron chi connectivity index (χ2n) is 4.54. The number of nitrogens with one attached hydrogen (secondary N) is 1. The third-order valence-electron chi connectivity index (χ3n) is 3.18. The summed E-state index contributed by atoms with van der Waals surface area (Å²) in [6.45, 7) is 0.463. The third-order valence-corrected chi connectivity index (χ3v) is 3.90. The van der Waals surface area contributed by atoms with E-state index in [0.717, 1.165) is 15.6 Å². The number of rotatable bonds is 2. The molecule has 7 heteroatoms. The van der Waals surface area contributed by atoms with Crippen molar-refractivity contribution < 1.29 is 4.79 Å². The molecular formula is C13H11BrN4OS. The molecule has 102 valence electrons. The molecule has 2 heterocycles. The molecule has 0 saturated carbocycles. The number of carbonyl (C=O) groups excluding carboxylic acids is 1. The molecule has 0 bridgehead atoms. The van der Waals surface area contributed by atoms with Crippen molar-refractivity contribution in [1.29, 1.82) is 0 Å². The first-order chi connectivity index (χ1) is 9.54. The minimum atomic E-state index is -0.0175. The number of hydrogen-bond acceptors (Lipinski definition) is 4. The molecule has 0 saturated heterocycles. The number of fused-ring (bicyclic) bond motifs is 1. The molecule has 0 atom stereocenters. The number of benzene rings is 1. The second-order valence-corrected chi connectivity index (χ2v) is 5.84. The highest BCUT2D eigenvalue weighted by Crippen LogP contribution is 2.31. The van der Waals surface area contributed by atoms with E-state index in [4.69, 9.17) is 18.0 Å². The van der Waals surface area contributed by atoms with Crippen molar-refractivity contribution in [2.24, 2.45) is 0 Å². The Labute approximate surface area is 129 Å². The minimum absolute atomic E-state index is 0.0175. The molecule has 5 nitrogen and oxygen atoms in total. The number of nitrogen functional groups attached to an aromatic ring is 1. The predicted octanol–water partition coefficient (Wildman–Crippen LogP) is 2.57. The van der Waals surface area contributed by atoms with E-state index in [-0.39, 0.29) is 17.1 Å². The van der Waals surface area contributed by atoms with Gasteiger partial charge in [0.15, 0.2) is 4.77 Å². The molecule has 1 aromatic carbocycles. The Morgan fingerprint density at radius 1 is 1.40 bits per heavy atom. The number of anilines is 2. The van der Waals surface area contributed by atoms with Crippen LogP contribution in [-0.2, 0) is 17.8 Å². The highest BCUT2D eigenvalue weighted by Gasteiger charge is 2.30. The number of aromatic nitrogens is 2. The van der Waals surface area contributed by atoms with Crippen LogP contribution in [0.15, 0.2) is 28.7 Å². The van der Waals surface area contributed by atoms with E-state index < -0.39 is 0 Å². The molecule has 3 rings (SSSR count). The third kappa shape index (κ3) is 2.34. The van der Waals surface area contributed by atoms with Gasteiger partial charge in [-0.15, -0.1) is 0 Å². The maximum absolute atomic E-state index is 12.1. The fourth-order valence-corrected chi connectivity index (χ4v) is 2.66. The molecule has 0 fully saturated rings. The molecule has 0 spiro atoms. The summed E-state index contributed by atoms with van der Waals surface area (Å²) >= 11 is 8.41. The van der Waals surface area contributed by atoms with E-state index in [2.05, 4.69) is 25.9 Å². The van der Waals surface area contributed by atoms with E-state index in [0.29, 0.717) is 18.2 Å². The largest absolute Gasteiger partial charge is 0.385 e. The molecule has 1 aromatic heterocycles. The van der Waals surface area contributed by atoms with E-state index >= 15 is 0 Å². The van der Waals surface area contributed by atoms with Crippen LogP contribution in [-0.4, -0.2) is 15.9 Å². The van der Waals surface area contributed by atoms with Gasteiger partial charge in [-0.3, -0.25) is 9.69 Å². The quantitative estimate of drug-likeness (QED) is 0.816. The number of nitrogens with two attached hydrogens (primary N) is 1. The molecule has 1 amide bonds. The number of H-pyrrole nitrogens is 1. The van der Waals surface area contributed by atoms with Crippen LogP contribution in [0.3, 0.4) is 0 Å². The molecule has 0 radical (unpaired) electrons. The summed E-state index contributed by atoms with van der Waals surface area (Å²) in [5.41, 5.74) is 7.61. The second kappa shape index (κ2) is 4.99. The Bertz CT molecular complexity index is 741. The molecule has 0 unspecified atom stereocenters. The van der Waals surface area contributed by atoms with Gasteiger partial charge in [-0.2, -0.15) is 0 Å². The van der Waals surface area contributed by atoms with Gasteiger partial charge in [0.1, 0.15) is 11.6 Å². The average molecular weight is 351 g/mol. The summed E-state index contributed by atoms with van der Waals surface area (Å²) in [6.07, 6.45) is 0.261. The van der Waals surface area contributed by atoms with Gasteiger partial charge in [-0.1, -0.05) is 28.1 Å². The van der Waals surface area contributed by atoms with Crippen molar-refractivity contribution in [3.63, 3.8) is 0 Å². The zero-order valence-electron chi connectivity index (χ0n) is 10.4. The molecular weight excluding hydrogens is 340 g/mol. The average Bonchev–Trinajstić information content (AvgIpc) is 2.70. The lowest BCUT2D eigenvalue weighted by Crippen LogP contribution is -2.26. The summed E-state index contributed by atoms with van der Waals surface area (Å²) < 4.78 is 1.29. The van der Waals surface area contributed by atoms with Crippen LogP contribution in [0, 0.1) is 4.77 Å². The van der Waals surface area contributed by atoms with Crippen LogP contribution in [0.5, 0.6) is 0 Å². The van der Waals surface area contributed by atoms with Crippen LogP contribution in [0.1, 0.15) is 11.1 Å². The van der Waals surface area contributed by atoms with Gasteiger partial charge >= 0.3 is 0 Å². The van der Waals surface area contributed by atoms with Crippen molar-refractivity contribution in [3.05, 3.63) is 44.6 Å². The van der Waals surface area contributed by atoms with Crippen LogP contribution >= 0.6 is 28.1 Å². The summed E-state index contributed by atoms with van der Waals surface area (Å²) in [6, 6.07) is 7.80. The normalized spacial score (nSPS) is 13.7. The SMILES string of the molecule is Nc1[nH]c(=S)nc2c1CC(=O)N2Cc1ccc(Br)cc1. The number of halogens is 1. The van der Waals surface area contributed by atoms with Gasteiger partial charge in [-0.05, 0) is 29.9 Å². The Hall–Kier alpha value is -1.73. The van der Waals surface area contributed by atoms with Crippen molar-refractivity contribution in [3.8, 4) is 0 Å². The maximum atomic E-state index is 12.1. The Morgan fingerprint density at radius 3 is 2.80 bits per heavy atom. The van der Waals surface area contributed by atoms with E-state index in [9.17, 15) is 4.79 Å². The van der Waals surface area contributed by atoms with Gasteiger partial charge in [0, 0.05) is 10.0 Å². The first-order valence-corrected chi connectivity index (χ1v) is 7.18. The Kier molecular flexibility index (Phi) is 3.31. The number of aromatic amines is 1.